The van der Waals surface area contributed by atoms with E-state index in [1.807, 2.05) is 6.92 Å². The molecule has 0 aromatic rings. The normalized spacial score (nSPS) is 57.6. The average molecular weight is 306 g/mol. The minimum absolute atomic E-state index is 0.0888. The molecule has 1 heterocycles. The van der Waals surface area contributed by atoms with Crippen LogP contribution in [0.15, 0.2) is 11.6 Å². The summed E-state index contributed by atoms with van der Waals surface area (Å²) in [5.41, 5.74) is 0.972. The second-order valence-corrected chi connectivity index (χ2v) is 9.04. The Bertz CT molecular complexity index is 511. The number of hydrogen-bond acceptors (Lipinski definition) is 3. The van der Waals surface area contributed by atoms with Gasteiger partial charge in [-0.15, -0.1) is 0 Å². The number of rotatable bonds is 0. The standard InChI is InChI=1S/C19H30O3/c1-17-8-4-9-19(3,21)14(17)6-5-12-13(17)7-10-18(2)15(20)11-22-16(12)18/h5,13-16,20-21H,4,6-11H2,1-3H3/t13-,14+,15+,16+,17+,18+,19+/m0/s1. The third-order valence-corrected chi connectivity index (χ3v) is 7.79. The van der Waals surface area contributed by atoms with Gasteiger partial charge < -0.3 is 14.9 Å². The predicted octanol–water partition coefficient (Wildman–Crippen LogP) is 3.05. The van der Waals surface area contributed by atoms with Gasteiger partial charge >= 0.3 is 0 Å². The average Bonchev–Trinajstić information content (AvgIpc) is 2.74. The molecule has 4 aliphatic rings. The van der Waals surface area contributed by atoms with Crippen molar-refractivity contribution in [1.82, 2.24) is 0 Å². The molecular formula is C19H30O3. The maximum absolute atomic E-state index is 10.9. The van der Waals surface area contributed by atoms with Gasteiger partial charge in [0.05, 0.1) is 24.4 Å². The summed E-state index contributed by atoms with van der Waals surface area (Å²) >= 11 is 0. The van der Waals surface area contributed by atoms with Crippen LogP contribution in [0.25, 0.3) is 0 Å². The van der Waals surface area contributed by atoms with E-state index < -0.39 is 5.60 Å². The van der Waals surface area contributed by atoms with Gasteiger partial charge in [-0.3, -0.25) is 0 Å². The van der Waals surface area contributed by atoms with Crippen LogP contribution in [0.5, 0.6) is 0 Å². The van der Waals surface area contributed by atoms with Gasteiger partial charge in [0, 0.05) is 5.41 Å². The molecule has 3 aliphatic carbocycles. The van der Waals surface area contributed by atoms with Crippen molar-refractivity contribution in [3.8, 4) is 0 Å². The van der Waals surface area contributed by atoms with Crippen LogP contribution in [0, 0.1) is 22.7 Å². The second kappa shape index (κ2) is 4.58. The van der Waals surface area contributed by atoms with E-state index in [4.69, 9.17) is 4.74 Å². The molecule has 2 N–H and O–H groups in total. The largest absolute Gasteiger partial charge is 0.390 e. The van der Waals surface area contributed by atoms with Crippen LogP contribution in [0.1, 0.15) is 59.3 Å². The Labute approximate surface area is 133 Å². The van der Waals surface area contributed by atoms with Gasteiger partial charge in [0.25, 0.3) is 0 Å². The second-order valence-electron chi connectivity index (χ2n) is 9.04. The van der Waals surface area contributed by atoms with E-state index in [9.17, 15) is 10.2 Å². The molecule has 1 saturated heterocycles. The summed E-state index contributed by atoms with van der Waals surface area (Å²) in [7, 11) is 0. The molecule has 0 aromatic heterocycles. The van der Waals surface area contributed by atoms with E-state index >= 15 is 0 Å². The predicted molar refractivity (Wildman–Crippen MR) is 85.3 cm³/mol. The molecule has 3 nitrogen and oxygen atoms in total. The zero-order valence-electron chi connectivity index (χ0n) is 14.1. The number of hydrogen-bond donors (Lipinski definition) is 2. The van der Waals surface area contributed by atoms with E-state index in [1.165, 1.54) is 12.0 Å². The van der Waals surface area contributed by atoms with Crippen LogP contribution in [0.3, 0.4) is 0 Å². The third-order valence-electron chi connectivity index (χ3n) is 7.79. The lowest BCUT2D eigenvalue weighted by Gasteiger charge is -2.59. The Hall–Kier alpha value is -0.380. The summed E-state index contributed by atoms with van der Waals surface area (Å²) in [6.07, 6.45) is 8.49. The summed E-state index contributed by atoms with van der Waals surface area (Å²) in [4.78, 5) is 0. The lowest BCUT2D eigenvalue weighted by molar-refractivity contribution is -0.128. The van der Waals surface area contributed by atoms with Crippen molar-refractivity contribution < 1.29 is 14.9 Å². The topological polar surface area (TPSA) is 49.7 Å². The van der Waals surface area contributed by atoms with Crippen LogP contribution < -0.4 is 0 Å². The Morgan fingerprint density at radius 2 is 1.91 bits per heavy atom. The maximum atomic E-state index is 10.9. The summed E-state index contributed by atoms with van der Waals surface area (Å²) in [5.74, 6) is 0.875. The summed E-state index contributed by atoms with van der Waals surface area (Å²) in [6.45, 7) is 7.11. The minimum Gasteiger partial charge on any atom is -0.390 e. The Morgan fingerprint density at radius 3 is 2.68 bits per heavy atom. The first kappa shape index (κ1) is 15.2. The van der Waals surface area contributed by atoms with Crippen molar-refractivity contribution in [2.24, 2.45) is 22.7 Å². The fraction of sp³-hybridized carbons (Fsp3) is 0.895. The number of aliphatic hydroxyl groups excluding tert-OH is 1. The zero-order valence-corrected chi connectivity index (χ0v) is 14.1. The Morgan fingerprint density at radius 1 is 1.14 bits per heavy atom. The molecule has 0 radical (unpaired) electrons. The molecule has 0 amide bonds. The first-order valence-electron chi connectivity index (χ1n) is 9.01. The van der Waals surface area contributed by atoms with Crippen molar-refractivity contribution in [3.05, 3.63) is 11.6 Å². The summed E-state index contributed by atoms with van der Waals surface area (Å²) in [6, 6.07) is 0. The van der Waals surface area contributed by atoms with Crippen molar-refractivity contribution >= 4 is 0 Å². The van der Waals surface area contributed by atoms with Gasteiger partial charge in [-0.25, -0.2) is 0 Å². The van der Waals surface area contributed by atoms with Gasteiger partial charge in [0.2, 0.25) is 0 Å². The molecule has 2 saturated carbocycles. The number of allylic oxidation sites excluding steroid dienone is 1. The molecule has 0 unspecified atom stereocenters. The van der Waals surface area contributed by atoms with E-state index in [2.05, 4.69) is 19.9 Å². The van der Waals surface area contributed by atoms with Crippen molar-refractivity contribution in [1.29, 1.82) is 0 Å². The molecule has 0 spiro atoms. The molecular weight excluding hydrogens is 276 g/mol. The summed E-state index contributed by atoms with van der Waals surface area (Å²) in [5, 5.41) is 21.3. The zero-order chi connectivity index (χ0) is 15.8. The molecule has 3 fully saturated rings. The van der Waals surface area contributed by atoms with Crippen molar-refractivity contribution in [2.45, 2.75) is 77.1 Å². The van der Waals surface area contributed by atoms with E-state index in [-0.39, 0.29) is 23.0 Å². The number of fused-ring (bicyclic) bond motifs is 5. The monoisotopic (exact) mass is 306 g/mol. The smallest absolute Gasteiger partial charge is 0.0868 e. The minimum atomic E-state index is -0.536. The highest BCUT2D eigenvalue weighted by molar-refractivity contribution is 5.30. The molecule has 1 aliphatic heterocycles. The molecule has 4 rings (SSSR count). The lowest BCUT2D eigenvalue weighted by Crippen LogP contribution is -2.56. The molecule has 0 bridgehead atoms. The molecule has 7 atom stereocenters. The highest BCUT2D eigenvalue weighted by atomic mass is 16.5. The quantitative estimate of drug-likeness (QED) is 0.676. The molecule has 0 aromatic carbocycles. The SMILES string of the molecule is C[C@]12CCC[C@@](C)(O)[C@@H]1CC=C1[C@H]3OC[C@@H](O)[C@@]3(C)CC[C@@H]12. The Kier molecular flexibility index (Phi) is 3.16. The molecule has 124 valence electrons. The van der Waals surface area contributed by atoms with E-state index in [0.717, 1.165) is 32.1 Å². The van der Waals surface area contributed by atoms with Gasteiger partial charge in [-0.1, -0.05) is 26.3 Å². The highest BCUT2D eigenvalue weighted by Crippen LogP contribution is 2.63. The van der Waals surface area contributed by atoms with Crippen LogP contribution in [-0.2, 0) is 4.74 Å². The van der Waals surface area contributed by atoms with Crippen LogP contribution in [-0.4, -0.2) is 34.6 Å². The fourth-order valence-electron chi connectivity index (χ4n) is 6.36. The van der Waals surface area contributed by atoms with Crippen LogP contribution in [0.2, 0.25) is 0 Å². The summed E-state index contributed by atoms with van der Waals surface area (Å²) < 4.78 is 6.04. The first-order chi connectivity index (χ1) is 10.3. The van der Waals surface area contributed by atoms with Crippen LogP contribution in [0.4, 0.5) is 0 Å². The van der Waals surface area contributed by atoms with Crippen LogP contribution >= 0.6 is 0 Å². The van der Waals surface area contributed by atoms with Gasteiger partial charge in [0.15, 0.2) is 0 Å². The molecule has 22 heavy (non-hydrogen) atoms. The van der Waals surface area contributed by atoms with Crippen molar-refractivity contribution in [2.75, 3.05) is 6.61 Å². The van der Waals surface area contributed by atoms with Gasteiger partial charge in [0.1, 0.15) is 0 Å². The third kappa shape index (κ3) is 1.79. The lowest BCUT2D eigenvalue weighted by atomic mass is 9.47. The first-order valence-corrected chi connectivity index (χ1v) is 9.01. The van der Waals surface area contributed by atoms with Crippen molar-refractivity contribution in [3.63, 3.8) is 0 Å². The molecule has 3 heteroatoms. The van der Waals surface area contributed by atoms with Gasteiger partial charge in [-0.2, -0.15) is 0 Å². The number of aliphatic hydroxyl groups is 2. The highest BCUT2D eigenvalue weighted by Gasteiger charge is 2.60. The maximum Gasteiger partial charge on any atom is 0.0868 e. The van der Waals surface area contributed by atoms with Gasteiger partial charge in [-0.05, 0) is 61.9 Å². The Balaban J connectivity index is 1.73. The van der Waals surface area contributed by atoms with E-state index in [0.29, 0.717) is 18.4 Å². The number of ether oxygens (including phenoxy) is 1. The fourth-order valence-corrected chi connectivity index (χ4v) is 6.36. The van der Waals surface area contributed by atoms with E-state index in [1.54, 1.807) is 0 Å².